The van der Waals surface area contributed by atoms with Crippen LogP contribution in [0, 0.1) is 0 Å². The fraction of sp³-hybridized carbons (Fsp3) is 0.381. The van der Waals surface area contributed by atoms with Gasteiger partial charge in [-0.05, 0) is 49.2 Å². The third-order valence-electron chi connectivity index (χ3n) is 4.69. The van der Waals surface area contributed by atoms with E-state index < -0.39 is 0 Å². The van der Waals surface area contributed by atoms with Crippen molar-refractivity contribution in [3.63, 3.8) is 0 Å². The van der Waals surface area contributed by atoms with Crippen LogP contribution in [0.2, 0.25) is 0 Å². The summed E-state index contributed by atoms with van der Waals surface area (Å²) in [4.78, 5) is 16.9. The van der Waals surface area contributed by atoms with E-state index in [1.54, 1.807) is 0 Å². The first kappa shape index (κ1) is 17.5. The lowest BCUT2D eigenvalue weighted by Gasteiger charge is -2.20. The Hall–Kier alpha value is -2.33. The molecule has 4 heteroatoms. The van der Waals surface area contributed by atoms with E-state index in [0.717, 1.165) is 31.9 Å². The molecule has 0 bridgehead atoms. The SMILES string of the molecule is CCN(CC(=O)Nc1ccc(N2CCCC2)cc1)Cc1ccccc1. The van der Waals surface area contributed by atoms with Gasteiger partial charge in [-0.15, -0.1) is 0 Å². The zero-order valence-electron chi connectivity index (χ0n) is 14.9. The van der Waals surface area contributed by atoms with Crippen LogP contribution in [0.25, 0.3) is 0 Å². The highest BCUT2D eigenvalue weighted by Gasteiger charge is 2.13. The van der Waals surface area contributed by atoms with Gasteiger partial charge in [-0.3, -0.25) is 9.69 Å². The number of likely N-dealkylation sites (N-methyl/N-ethyl adjacent to an activating group) is 1. The minimum atomic E-state index is 0.0340. The molecule has 1 saturated heterocycles. The van der Waals surface area contributed by atoms with Gasteiger partial charge in [-0.2, -0.15) is 0 Å². The number of nitrogens with zero attached hydrogens (tertiary/aromatic N) is 2. The van der Waals surface area contributed by atoms with Gasteiger partial charge >= 0.3 is 0 Å². The maximum atomic E-state index is 12.3. The largest absolute Gasteiger partial charge is 0.372 e. The molecule has 2 aromatic carbocycles. The molecule has 0 spiro atoms. The van der Waals surface area contributed by atoms with E-state index >= 15 is 0 Å². The molecule has 1 heterocycles. The monoisotopic (exact) mass is 337 g/mol. The molecule has 1 N–H and O–H groups in total. The number of carbonyl (C=O) groups excluding carboxylic acids is 1. The number of nitrogens with one attached hydrogen (secondary N) is 1. The number of benzene rings is 2. The fourth-order valence-electron chi connectivity index (χ4n) is 3.26. The Kier molecular flexibility index (Phi) is 6.07. The summed E-state index contributed by atoms with van der Waals surface area (Å²) in [6.45, 7) is 6.39. The molecule has 25 heavy (non-hydrogen) atoms. The van der Waals surface area contributed by atoms with Crippen LogP contribution in [-0.2, 0) is 11.3 Å². The van der Waals surface area contributed by atoms with Crippen LogP contribution in [0.15, 0.2) is 54.6 Å². The smallest absolute Gasteiger partial charge is 0.238 e. The van der Waals surface area contributed by atoms with Crippen molar-refractivity contribution < 1.29 is 4.79 Å². The Bertz CT molecular complexity index is 663. The van der Waals surface area contributed by atoms with E-state index in [4.69, 9.17) is 0 Å². The predicted molar refractivity (Wildman–Crippen MR) is 104 cm³/mol. The first-order chi connectivity index (χ1) is 12.2. The van der Waals surface area contributed by atoms with E-state index in [1.165, 1.54) is 24.1 Å². The van der Waals surface area contributed by atoms with Crippen molar-refractivity contribution in [1.82, 2.24) is 4.90 Å². The van der Waals surface area contributed by atoms with Gasteiger partial charge < -0.3 is 10.2 Å². The van der Waals surface area contributed by atoms with Gasteiger partial charge in [0.15, 0.2) is 0 Å². The molecule has 0 aromatic heterocycles. The number of hydrogen-bond acceptors (Lipinski definition) is 3. The van der Waals surface area contributed by atoms with Crippen molar-refractivity contribution in [3.05, 3.63) is 60.2 Å². The first-order valence-corrected chi connectivity index (χ1v) is 9.16. The maximum Gasteiger partial charge on any atom is 0.238 e. The quantitative estimate of drug-likeness (QED) is 0.836. The van der Waals surface area contributed by atoms with Crippen molar-refractivity contribution in [2.24, 2.45) is 0 Å². The third-order valence-corrected chi connectivity index (χ3v) is 4.69. The first-order valence-electron chi connectivity index (χ1n) is 9.16. The van der Waals surface area contributed by atoms with E-state index in [0.29, 0.717) is 6.54 Å². The summed E-state index contributed by atoms with van der Waals surface area (Å²) in [5.41, 5.74) is 3.34. The average Bonchev–Trinajstić information content (AvgIpc) is 3.17. The summed E-state index contributed by atoms with van der Waals surface area (Å²) in [6.07, 6.45) is 2.54. The number of hydrogen-bond donors (Lipinski definition) is 1. The Balaban J connectivity index is 1.52. The second kappa shape index (κ2) is 8.67. The molecule has 1 amide bonds. The zero-order chi connectivity index (χ0) is 17.5. The van der Waals surface area contributed by atoms with Crippen LogP contribution < -0.4 is 10.2 Å². The minimum Gasteiger partial charge on any atom is -0.372 e. The van der Waals surface area contributed by atoms with Crippen LogP contribution in [-0.4, -0.2) is 37.0 Å². The molecule has 1 aliphatic rings. The molecule has 0 saturated carbocycles. The van der Waals surface area contributed by atoms with Crippen molar-refractivity contribution in [3.8, 4) is 0 Å². The molecule has 132 valence electrons. The lowest BCUT2D eigenvalue weighted by Crippen LogP contribution is -2.32. The van der Waals surface area contributed by atoms with Gasteiger partial charge in [0.05, 0.1) is 6.54 Å². The summed E-state index contributed by atoms with van der Waals surface area (Å²) >= 11 is 0. The predicted octanol–water partition coefficient (Wildman–Crippen LogP) is 3.75. The number of rotatable bonds is 7. The number of amides is 1. The van der Waals surface area contributed by atoms with Crippen LogP contribution in [0.4, 0.5) is 11.4 Å². The van der Waals surface area contributed by atoms with Crippen molar-refractivity contribution in [2.75, 3.05) is 36.4 Å². The summed E-state index contributed by atoms with van der Waals surface area (Å²) in [5.74, 6) is 0.0340. The Morgan fingerprint density at radius 2 is 1.72 bits per heavy atom. The summed E-state index contributed by atoms with van der Waals surface area (Å²) in [7, 11) is 0. The van der Waals surface area contributed by atoms with Crippen molar-refractivity contribution in [2.45, 2.75) is 26.3 Å². The Labute approximate surface area is 150 Å². The third kappa shape index (κ3) is 5.07. The van der Waals surface area contributed by atoms with Crippen LogP contribution in [0.3, 0.4) is 0 Å². The van der Waals surface area contributed by atoms with Gasteiger partial charge in [-0.25, -0.2) is 0 Å². The molecule has 3 rings (SSSR count). The summed E-state index contributed by atoms with van der Waals surface area (Å²) < 4.78 is 0. The highest BCUT2D eigenvalue weighted by atomic mass is 16.2. The van der Waals surface area contributed by atoms with E-state index in [9.17, 15) is 4.79 Å². The molecule has 0 atom stereocenters. The molecule has 0 radical (unpaired) electrons. The highest BCUT2D eigenvalue weighted by molar-refractivity contribution is 5.92. The molecular formula is C21H27N3O. The molecular weight excluding hydrogens is 310 g/mol. The van der Waals surface area contributed by atoms with Gasteiger partial charge in [0, 0.05) is 31.0 Å². The highest BCUT2D eigenvalue weighted by Crippen LogP contribution is 2.22. The van der Waals surface area contributed by atoms with Crippen LogP contribution in [0.1, 0.15) is 25.3 Å². The van der Waals surface area contributed by atoms with Gasteiger partial charge in [0.2, 0.25) is 5.91 Å². The van der Waals surface area contributed by atoms with E-state index in [1.807, 2.05) is 30.3 Å². The van der Waals surface area contributed by atoms with E-state index in [2.05, 4.69) is 46.3 Å². The van der Waals surface area contributed by atoms with E-state index in [-0.39, 0.29) is 5.91 Å². The second-order valence-electron chi connectivity index (χ2n) is 6.58. The fourth-order valence-corrected chi connectivity index (χ4v) is 3.26. The Morgan fingerprint density at radius 1 is 1.04 bits per heavy atom. The van der Waals surface area contributed by atoms with Crippen LogP contribution >= 0.6 is 0 Å². The zero-order valence-corrected chi connectivity index (χ0v) is 14.9. The van der Waals surface area contributed by atoms with Crippen LogP contribution in [0.5, 0.6) is 0 Å². The molecule has 4 nitrogen and oxygen atoms in total. The van der Waals surface area contributed by atoms with Gasteiger partial charge in [0.1, 0.15) is 0 Å². The minimum absolute atomic E-state index is 0.0340. The molecule has 0 aliphatic carbocycles. The summed E-state index contributed by atoms with van der Waals surface area (Å²) in [5, 5.41) is 3.01. The van der Waals surface area contributed by atoms with Crippen molar-refractivity contribution >= 4 is 17.3 Å². The summed E-state index contributed by atoms with van der Waals surface area (Å²) in [6, 6.07) is 18.5. The topological polar surface area (TPSA) is 35.6 Å². The maximum absolute atomic E-state index is 12.3. The van der Waals surface area contributed by atoms with Gasteiger partial charge in [-0.1, -0.05) is 37.3 Å². The lowest BCUT2D eigenvalue weighted by atomic mass is 10.2. The van der Waals surface area contributed by atoms with Gasteiger partial charge in [0.25, 0.3) is 0 Å². The standard InChI is InChI=1S/C21H27N3O/c1-2-23(16-18-8-4-3-5-9-18)17-21(25)22-19-10-12-20(13-11-19)24-14-6-7-15-24/h3-5,8-13H,2,6-7,14-17H2,1H3,(H,22,25). The molecule has 1 fully saturated rings. The molecule has 0 unspecified atom stereocenters. The number of carbonyl (C=O) groups is 1. The van der Waals surface area contributed by atoms with Crippen molar-refractivity contribution in [1.29, 1.82) is 0 Å². The second-order valence-corrected chi connectivity index (χ2v) is 6.58. The lowest BCUT2D eigenvalue weighted by molar-refractivity contribution is -0.117. The normalized spacial score (nSPS) is 14.1. The Morgan fingerprint density at radius 3 is 2.36 bits per heavy atom. The average molecular weight is 337 g/mol. The molecule has 1 aliphatic heterocycles. The molecule has 2 aromatic rings. The number of anilines is 2.